The van der Waals surface area contributed by atoms with Crippen molar-refractivity contribution in [3.63, 3.8) is 0 Å². The van der Waals surface area contributed by atoms with Gasteiger partial charge in [0.15, 0.2) is 0 Å². The van der Waals surface area contributed by atoms with Crippen molar-refractivity contribution < 1.29 is 9.18 Å². The summed E-state index contributed by atoms with van der Waals surface area (Å²) in [6, 6.07) is 8.84. The SMILES string of the molecule is Cc1cc2n(n1)CCN(C(=O)NCC1(c3cccc(F)c3)CCCC1)C2. The molecule has 1 aliphatic heterocycles. The van der Waals surface area contributed by atoms with Crippen molar-refractivity contribution in [2.24, 2.45) is 0 Å². The molecular weight excluding hydrogens is 331 g/mol. The van der Waals surface area contributed by atoms with Crippen molar-refractivity contribution in [3.8, 4) is 0 Å². The van der Waals surface area contributed by atoms with Crippen molar-refractivity contribution in [2.75, 3.05) is 13.1 Å². The molecule has 1 aliphatic carbocycles. The van der Waals surface area contributed by atoms with Gasteiger partial charge in [0.2, 0.25) is 0 Å². The molecule has 1 saturated carbocycles. The maximum Gasteiger partial charge on any atom is 0.317 e. The normalized spacial score (nSPS) is 18.6. The maximum atomic E-state index is 13.7. The van der Waals surface area contributed by atoms with E-state index in [0.29, 0.717) is 19.6 Å². The maximum absolute atomic E-state index is 13.7. The Hall–Kier alpha value is -2.37. The van der Waals surface area contributed by atoms with E-state index < -0.39 is 0 Å². The molecule has 2 amide bonds. The first kappa shape index (κ1) is 17.1. The molecule has 0 saturated heterocycles. The number of amides is 2. The fourth-order valence-corrected chi connectivity index (χ4v) is 4.38. The number of urea groups is 1. The fourth-order valence-electron chi connectivity index (χ4n) is 4.38. The minimum Gasteiger partial charge on any atom is -0.337 e. The van der Waals surface area contributed by atoms with E-state index in [1.54, 1.807) is 12.1 Å². The van der Waals surface area contributed by atoms with E-state index in [1.807, 2.05) is 28.6 Å². The van der Waals surface area contributed by atoms with Crippen LogP contribution in [-0.2, 0) is 18.5 Å². The van der Waals surface area contributed by atoms with Crippen molar-refractivity contribution in [2.45, 2.75) is 51.1 Å². The molecule has 2 heterocycles. The van der Waals surface area contributed by atoms with Crippen LogP contribution in [0, 0.1) is 12.7 Å². The molecule has 138 valence electrons. The summed E-state index contributed by atoms with van der Waals surface area (Å²) in [4.78, 5) is 14.6. The highest BCUT2D eigenvalue weighted by molar-refractivity contribution is 5.74. The Morgan fingerprint density at radius 2 is 2.08 bits per heavy atom. The average molecular weight is 356 g/mol. The summed E-state index contributed by atoms with van der Waals surface area (Å²) in [6.45, 7) is 4.50. The van der Waals surface area contributed by atoms with Gasteiger partial charge in [-0.25, -0.2) is 9.18 Å². The summed E-state index contributed by atoms with van der Waals surface area (Å²) in [5.41, 5.74) is 2.91. The summed E-state index contributed by atoms with van der Waals surface area (Å²) in [5.74, 6) is -0.209. The number of benzene rings is 1. The lowest BCUT2D eigenvalue weighted by molar-refractivity contribution is 0.178. The third-order valence-corrected chi connectivity index (χ3v) is 5.78. The van der Waals surface area contributed by atoms with Gasteiger partial charge in [-0.2, -0.15) is 5.10 Å². The molecule has 2 aliphatic rings. The van der Waals surface area contributed by atoms with Crippen molar-refractivity contribution in [1.82, 2.24) is 20.0 Å². The van der Waals surface area contributed by atoms with Gasteiger partial charge in [-0.1, -0.05) is 25.0 Å². The van der Waals surface area contributed by atoms with Gasteiger partial charge >= 0.3 is 6.03 Å². The van der Waals surface area contributed by atoms with E-state index >= 15 is 0 Å². The molecule has 4 rings (SSSR count). The number of rotatable bonds is 3. The van der Waals surface area contributed by atoms with Crippen LogP contribution in [0.5, 0.6) is 0 Å². The van der Waals surface area contributed by atoms with E-state index in [2.05, 4.69) is 10.4 Å². The van der Waals surface area contributed by atoms with Crippen LogP contribution in [0.3, 0.4) is 0 Å². The molecule has 1 N–H and O–H groups in total. The smallest absolute Gasteiger partial charge is 0.317 e. The first-order chi connectivity index (χ1) is 12.6. The van der Waals surface area contributed by atoms with Gasteiger partial charge in [0.1, 0.15) is 5.82 Å². The molecule has 0 atom stereocenters. The van der Waals surface area contributed by atoms with Crippen LogP contribution in [0.25, 0.3) is 0 Å². The second-order valence-corrected chi connectivity index (χ2v) is 7.58. The minimum atomic E-state index is -0.209. The number of nitrogens with zero attached hydrogens (tertiary/aromatic N) is 3. The number of aromatic nitrogens is 2. The highest BCUT2D eigenvalue weighted by Crippen LogP contribution is 2.40. The Balaban J connectivity index is 1.44. The standard InChI is InChI=1S/C20H25FN4O/c1-15-11-18-13-24(9-10-25(18)23-15)19(26)22-14-20(7-2-3-8-20)16-5-4-6-17(21)12-16/h4-6,11-12H,2-3,7-10,13-14H2,1H3,(H,22,26). The number of nitrogens with one attached hydrogen (secondary N) is 1. The Labute approximate surface area is 153 Å². The summed E-state index contributed by atoms with van der Waals surface area (Å²) in [7, 11) is 0. The lowest BCUT2D eigenvalue weighted by atomic mass is 9.79. The van der Waals surface area contributed by atoms with Crippen LogP contribution >= 0.6 is 0 Å². The number of fused-ring (bicyclic) bond motifs is 1. The first-order valence-electron chi connectivity index (χ1n) is 9.38. The van der Waals surface area contributed by atoms with Crippen molar-refractivity contribution in [3.05, 3.63) is 53.1 Å². The topological polar surface area (TPSA) is 50.2 Å². The number of hydrogen-bond acceptors (Lipinski definition) is 2. The molecule has 2 aromatic rings. The monoisotopic (exact) mass is 356 g/mol. The molecule has 6 heteroatoms. The minimum absolute atomic E-state index is 0.0437. The highest BCUT2D eigenvalue weighted by atomic mass is 19.1. The first-order valence-corrected chi connectivity index (χ1v) is 9.38. The molecule has 26 heavy (non-hydrogen) atoms. The van der Waals surface area contributed by atoms with E-state index in [1.165, 1.54) is 6.07 Å². The molecule has 0 radical (unpaired) electrons. The summed E-state index contributed by atoms with van der Waals surface area (Å²) in [5, 5.41) is 7.56. The van der Waals surface area contributed by atoms with Crippen LogP contribution in [0.1, 0.15) is 42.6 Å². The number of aryl methyl sites for hydroxylation is 1. The third-order valence-electron chi connectivity index (χ3n) is 5.78. The number of halogens is 1. The van der Waals surface area contributed by atoms with Crippen LogP contribution in [0.15, 0.2) is 30.3 Å². The van der Waals surface area contributed by atoms with Crippen LogP contribution in [0.4, 0.5) is 9.18 Å². The Bertz CT molecular complexity index is 810. The summed E-state index contributed by atoms with van der Waals surface area (Å²) < 4.78 is 15.7. The Morgan fingerprint density at radius 3 is 2.85 bits per heavy atom. The lowest BCUT2D eigenvalue weighted by Gasteiger charge is -2.33. The molecule has 1 aromatic heterocycles. The van der Waals surface area contributed by atoms with Crippen LogP contribution < -0.4 is 5.32 Å². The van der Waals surface area contributed by atoms with E-state index in [0.717, 1.165) is 49.2 Å². The van der Waals surface area contributed by atoms with Crippen LogP contribution in [-0.4, -0.2) is 33.8 Å². The molecule has 0 unspecified atom stereocenters. The van der Waals surface area contributed by atoms with Crippen LogP contribution in [0.2, 0.25) is 0 Å². The van der Waals surface area contributed by atoms with E-state index in [9.17, 15) is 9.18 Å². The van der Waals surface area contributed by atoms with Crippen molar-refractivity contribution >= 4 is 6.03 Å². The number of carbonyl (C=O) groups excluding carboxylic acids is 1. The van der Waals surface area contributed by atoms with Gasteiger partial charge in [0.25, 0.3) is 0 Å². The molecule has 0 bridgehead atoms. The highest BCUT2D eigenvalue weighted by Gasteiger charge is 2.36. The molecule has 1 fully saturated rings. The molecular formula is C20H25FN4O. The average Bonchev–Trinajstić information content (AvgIpc) is 3.25. The van der Waals surface area contributed by atoms with E-state index in [4.69, 9.17) is 0 Å². The largest absolute Gasteiger partial charge is 0.337 e. The number of hydrogen-bond donors (Lipinski definition) is 1. The Morgan fingerprint density at radius 1 is 1.27 bits per heavy atom. The second-order valence-electron chi connectivity index (χ2n) is 7.58. The predicted octanol–water partition coefficient (Wildman–Crippen LogP) is 3.37. The second kappa shape index (κ2) is 6.74. The zero-order valence-corrected chi connectivity index (χ0v) is 15.2. The quantitative estimate of drug-likeness (QED) is 0.917. The molecule has 5 nitrogen and oxygen atoms in total. The number of carbonyl (C=O) groups is 1. The van der Waals surface area contributed by atoms with Gasteiger partial charge in [-0.05, 0) is 43.5 Å². The molecule has 1 aromatic carbocycles. The van der Waals surface area contributed by atoms with Gasteiger partial charge in [-0.15, -0.1) is 0 Å². The zero-order chi connectivity index (χ0) is 18.1. The molecule has 0 spiro atoms. The predicted molar refractivity (Wildman–Crippen MR) is 97.3 cm³/mol. The van der Waals surface area contributed by atoms with Crippen molar-refractivity contribution in [1.29, 1.82) is 0 Å². The fraction of sp³-hybridized carbons (Fsp3) is 0.500. The summed E-state index contributed by atoms with van der Waals surface area (Å²) in [6.07, 6.45) is 4.22. The van der Waals surface area contributed by atoms with E-state index in [-0.39, 0.29) is 17.3 Å². The third kappa shape index (κ3) is 3.20. The zero-order valence-electron chi connectivity index (χ0n) is 15.2. The van der Waals surface area contributed by atoms with Gasteiger partial charge in [0.05, 0.1) is 24.5 Å². The Kier molecular flexibility index (Phi) is 4.42. The lowest BCUT2D eigenvalue weighted by Crippen LogP contribution is -2.48. The van der Waals surface area contributed by atoms with Gasteiger partial charge in [-0.3, -0.25) is 4.68 Å². The van der Waals surface area contributed by atoms with Gasteiger partial charge < -0.3 is 10.2 Å². The van der Waals surface area contributed by atoms with Gasteiger partial charge in [0, 0.05) is 18.5 Å². The summed E-state index contributed by atoms with van der Waals surface area (Å²) >= 11 is 0.